The van der Waals surface area contributed by atoms with Gasteiger partial charge < -0.3 is 0 Å². The molecule has 0 amide bonds. The molecule has 2 nitrogen and oxygen atoms in total. The van der Waals surface area contributed by atoms with Gasteiger partial charge >= 0.3 is 0 Å². The van der Waals surface area contributed by atoms with E-state index < -0.39 is 0 Å². The topological polar surface area (TPSA) is 25.8 Å². The fourth-order valence-electron chi connectivity index (χ4n) is 1.86. The summed E-state index contributed by atoms with van der Waals surface area (Å²) in [5.41, 5.74) is 3.60. The Morgan fingerprint density at radius 2 is 2.13 bits per heavy atom. The quantitative estimate of drug-likeness (QED) is 0.743. The molecule has 15 heavy (non-hydrogen) atoms. The number of aryl methyl sites for hydroxylation is 1. The highest BCUT2D eigenvalue weighted by atomic mass is 14.7. The van der Waals surface area contributed by atoms with Crippen LogP contribution in [0.5, 0.6) is 0 Å². The van der Waals surface area contributed by atoms with E-state index in [9.17, 15) is 0 Å². The van der Waals surface area contributed by atoms with E-state index in [2.05, 4.69) is 31.8 Å². The number of hydrogen-bond donors (Lipinski definition) is 0. The van der Waals surface area contributed by atoms with Crippen LogP contribution < -0.4 is 0 Å². The van der Waals surface area contributed by atoms with Gasteiger partial charge in [0.1, 0.15) is 0 Å². The normalized spacial score (nSPS) is 11.2. The van der Waals surface area contributed by atoms with Gasteiger partial charge in [-0.1, -0.05) is 20.8 Å². The average molecular weight is 200 g/mol. The lowest BCUT2D eigenvalue weighted by Crippen LogP contribution is -1.99. The Morgan fingerprint density at radius 3 is 2.80 bits per heavy atom. The number of fused-ring (bicyclic) bond motifs is 1. The van der Waals surface area contributed by atoms with Crippen molar-refractivity contribution in [3.8, 4) is 0 Å². The first-order valence-corrected chi connectivity index (χ1v) is 5.46. The Bertz CT molecular complexity index is 475. The van der Waals surface area contributed by atoms with Gasteiger partial charge in [0.05, 0.1) is 5.52 Å². The molecular weight excluding hydrogens is 184 g/mol. The maximum Gasteiger partial charge on any atom is 0.0736 e. The van der Waals surface area contributed by atoms with Crippen LogP contribution >= 0.6 is 0 Å². The summed E-state index contributed by atoms with van der Waals surface area (Å²) in [7, 11) is 0. The average Bonchev–Trinajstić information content (AvgIpc) is 2.27. The molecular formula is C13H16N2. The summed E-state index contributed by atoms with van der Waals surface area (Å²) in [5.74, 6) is 0.484. The van der Waals surface area contributed by atoms with Crippen molar-refractivity contribution in [1.82, 2.24) is 9.97 Å². The second kappa shape index (κ2) is 3.97. The van der Waals surface area contributed by atoms with Crippen LogP contribution in [0.15, 0.2) is 24.5 Å². The fraction of sp³-hybridized carbons (Fsp3) is 0.385. The maximum absolute atomic E-state index is 4.71. The summed E-state index contributed by atoms with van der Waals surface area (Å²) in [6, 6.07) is 4.19. The van der Waals surface area contributed by atoms with E-state index in [1.165, 1.54) is 11.3 Å². The summed E-state index contributed by atoms with van der Waals surface area (Å²) in [6.45, 7) is 6.55. The zero-order valence-corrected chi connectivity index (χ0v) is 9.49. The highest BCUT2D eigenvalue weighted by Gasteiger charge is 2.08. The third-order valence-corrected chi connectivity index (χ3v) is 2.66. The summed E-state index contributed by atoms with van der Waals surface area (Å²) in [5, 5.41) is 1.14. The second-order valence-corrected chi connectivity index (χ2v) is 4.11. The molecule has 0 atom stereocenters. The molecule has 2 rings (SSSR count). The lowest BCUT2D eigenvalue weighted by atomic mass is 10.0. The van der Waals surface area contributed by atoms with Crippen molar-refractivity contribution >= 4 is 10.9 Å². The largest absolute Gasteiger partial charge is 0.264 e. The molecule has 0 aliphatic heterocycles. The molecule has 2 aromatic rings. The van der Waals surface area contributed by atoms with Gasteiger partial charge in [-0.2, -0.15) is 0 Å². The first kappa shape index (κ1) is 10.1. The number of hydrogen-bond acceptors (Lipinski definition) is 2. The molecule has 0 spiro atoms. The SMILES string of the molecule is CCc1cc2cnccc2nc1C(C)C. The van der Waals surface area contributed by atoms with E-state index in [4.69, 9.17) is 4.98 Å². The van der Waals surface area contributed by atoms with Crippen LogP contribution in [0.4, 0.5) is 0 Å². The Labute approximate surface area is 90.4 Å². The van der Waals surface area contributed by atoms with Gasteiger partial charge in [-0.05, 0) is 30.0 Å². The molecule has 0 unspecified atom stereocenters. The van der Waals surface area contributed by atoms with Crippen molar-refractivity contribution in [2.75, 3.05) is 0 Å². The number of rotatable bonds is 2. The minimum Gasteiger partial charge on any atom is -0.264 e. The first-order chi connectivity index (χ1) is 7.22. The smallest absolute Gasteiger partial charge is 0.0736 e. The van der Waals surface area contributed by atoms with Gasteiger partial charge in [0.15, 0.2) is 0 Å². The van der Waals surface area contributed by atoms with Crippen LogP contribution in [0.1, 0.15) is 37.9 Å². The lowest BCUT2D eigenvalue weighted by Gasteiger charge is -2.11. The molecule has 2 aromatic heterocycles. The number of aromatic nitrogens is 2. The van der Waals surface area contributed by atoms with Crippen molar-refractivity contribution in [2.24, 2.45) is 0 Å². The Hall–Kier alpha value is -1.44. The highest BCUT2D eigenvalue weighted by Crippen LogP contribution is 2.22. The lowest BCUT2D eigenvalue weighted by molar-refractivity contribution is 0.807. The Kier molecular flexibility index (Phi) is 2.67. The van der Waals surface area contributed by atoms with Crippen molar-refractivity contribution in [3.63, 3.8) is 0 Å². The van der Waals surface area contributed by atoms with Gasteiger partial charge in [-0.15, -0.1) is 0 Å². The number of pyridine rings is 2. The molecule has 0 fully saturated rings. The van der Waals surface area contributed by atoms with E-state index in [1.54, 1.807) is 6.20 Å². The molecule has 0 aliphatic rings. The van der Waals surface area contributed by atoms with E-state index in [-0.39, 0.29) is 0 Å². The second-order valence-electron chi connectivity index (χ2n) is 4.11. The zero-order valence-electron chi connectivity index (χ0n) is 9.49. The van der Waals surface area contributed by atoms with E-state index in [0.717, 1.165) is 17.3 Å². The summed E-state index contributed by atoms with van der Waals surface area (Å²) in [6.07, 6.45) is 4.71. The predicted molar refractivity (Wildman–Crippen MR) is 63.0 cm³/mol. The highest BCUT2D eigenvalue weighted by molar-refractivity contribution is 5.78. The van der Waals surface area contributed by atoms with Gasteiger partial charge in [0.25, 0.3) is 0 Å². The minimum absolute atomic E-state index is 0.484. The molecule has 0 aliphatic carbocycles. The standard InChI is InChI=1S/C13H16N2/c1-4-10-7-11-8-14-6-5-12(11)15-13(10)9(2)3/h5-9H,4H2,1-3H3. The molecule has 0 radical (unpaired) electrons. The monoisotopic (exact) mass is 200 g/mol. The summed E-state index contributed by atoms with van der Waals surface area (Å²) in [4.78, 5) is 8.83. The Balaban J connectivity index is 2.69. The molecule has 2 heteroatoms. The van der Waals surface area contributed by atoms with Crippen LogP contribution in [0.25, 0.3) is 10.9 Å². The molecule has 0 aromatic carbocycles. The van der Waals surface area contributed by atoms with Crippen molar-refractivity contribution in [2.45, 2.75) is 33.1 Å². The van der Waals surface area contributed by atoms with Gasteiger partial charge in [0, 0.05) is 23.5 Å². The molecule has 2 heterocycles. The van der Waals surface area contributed by atoms with Crippen LogP contribution in [0.2, 0.25) is 0 Å². The van der Waals surface area contributed by atoms with Crippen molar-refractivity contribution in [3.05, 3.63) is 35.8 Å². The van der Waals surface area contributed by atoms with Crippen LogP contribution in [0, 0.1) is 0 Å². The van der Waals surface area contributed by atoms with E-state index in [0.29, 0.717) is 5.92 Å². The van der Waals surface area contributed by atoms with Gasteiger partial charge in [-0.25, -0.2) is 0 Å². The summed E-state index contributed by atoms with van der Waals surface area (Å²) >= 11 is 0. The molecule has 0 saturated heterocycles. The van der Waals surface area contributed by atoms with Gasteiger partial charge in [0.2, 0.25) is 0 Å². The molecule has 0 saturated carbocycles. The molecule has 78 valence electrons. The molecule has 0 bridgehead atoms. The van der Waals surface area contributed by atoms with Crippen LogP contribution in [-0.4, -0.2) is 9.97 Å². The zero-order chi connectivity index (χ0) is 10.8. The molecule has 0 N–H and O–H groups in total. The third kappa shape index (κ3) is 1.84. The first-order valence-electron chi connectivity index (χ1n) is 5.46. The van der Waals surface area contributed by atoms with Gasteiger partial charge in [-0.3, -0.25) is 9.97 Å². The van der Waals surface area contributed by atoms with Crippen LogP contribution in [-0.2, 0) is 6.42 Å². The Morgan fingerprint density at radius 1 is 1.33 bits per heavy atom. The van der Waals surface area contributed by atoms with E-state index >= 15 is 0 Å². The predicted octanol–water partition coefficient (Wildman–Crippen LogP) is 3.32. The fourth-order valence-corrected chi connectivity index (χ4v) is 1.86. The van der Waals surface area contributed by atoms with Crippen molar-refractivity contribution in [1.29, 1.82) is 0 Å². The van der Waals surface area contributed by atoms with Crippen molar-refractivity contribution < 1.29 is 0 Å². The van der Waals surface area contributed by atoms with E-state index in [1.807, 2.05) is 12.3 Å². The third-order valence-electron chi connectivity index (χ3n) is 2.66. The minimum atomic E-state index is 0.484. The van der Waals surface area contributed by atoms with Crippen LogP contribution in [0.3, 0.4) is 0 Å². The summed E-state index contributed by atoms with van der Waals surface area (Å²) < 4.78 is 0. The maximum atomic E-state index is 4.71. The number of nitrogens with zero attached hydrogens (tertiary/aromatic N) is 2.